The number of carbonyl (C=O) groups is 1. The van der Waals surface area contributed by atoms with E-state index in [4.69, 9.17) is 11.6 Å². The Bertz CT molecular complexity index is 1540. The molecule has 7 nitrogen and oxygen atoms in total. The van der Waals surface area contributed by atoms with Crippen molar-refractivity contribution in [3.63, 3.8) is 0 Å². The van der Waals surface area contributed by atoms with Crippen LogP contribution >= 0.6 is 35.1 Å². The Kier molecular flexibility index (Phi) is 8.37. The van der Waals surface area contributed by atoms with Crippen LogP contribution in [-0.2, 0) is 12.3 Å². The molecule has 10 heteroatoms. The van der Waals surface area contributed by atoms with Crippen molar-refractivity contribution in [1.29, 1.82) is 0 Å². The molecule has 0 aliphatic carbocycles. The zero-order chi connectivity index (χ0) is 26.3. The summed E-state index contributed by atoms with van der Waals surface area (Å²) in [5.74, 6) is 2.27. The first kappa shape index (κ1) is 26.0. The molecule has 38 heavy (non-hydrogen) atoms. The third kappa shape index (κ3) is 5.91. The first-order chi connectivity index (χ1) is 18.6. The summed E-state index contributed by atoms with van der Waals surface area (Å²) in [6.07, 6.45) is 1.83. The molecule has 5 rings (SSSR count). The maximum atomic E-state index is 12.8. The van der Waals surface area contributed by atoms with E-state index in [0.29, 0.717) is 28.0 Å². The highest BCUT2D eigenvalue weighted by Gasteiger charge is 2.19. The largest absolute Gasteiger partial charge is 0.298 e. The van der Waals surface area contributed by atoms with E-state index in [9.17, 15) is 4.79 Å². The smallest absolute Gasteiger partial charge is 0.196 e. The normalized spacial score (nSPS) is 11.0. The number of hydrogen-bond acceptors (Lipinski definition) is 7. The molecule has 0 bridgehead atoms. The number of nitrogens with zero attached hydrogens (tertiary/aromatic N) is 6. The van der Waals surface area contributed by atoms with Crippen molar-refractivity contribution in [2.24, 2.45) is 0 Å². The fraction of sp³-hybridized carbons (Fsp3) is 0.107. The summed E-state index contributed by atoms with van der Waals surface area (Å²) in [6.45, 7) is 4.48. The number of allylic oxidation sites excluding steroid dienone is 1. The van der Waals surface area contributed by atoms with Gasteiger partial charge in [-0.3, -0.25) is 13.9 Å². The van der Waals surface area contributed by atoms with Gasteiger partial charge < -0.3 is 0 Å². The van der Waals surface area contributed by atoms with Crippen LogP contribution in [0.5, 0.6) is 0 Å². The van der Waals surface area contributed by atoms with Crippen molar-refractivity contribution in [2.75, 3.05) is 5.75 Å². The van der Waals surface area contributed by atoms with E-state index >= 15 is 0 Å². The predicted molar refractivity (Wildman–Crippen MR) is 153 cm³/mol. The van der Waals surface area contributed by atoms with E-state index in [1.165, 1.54) is 23.5 Å². The molecule has 0 fully saturated rings. The summed E-state index contributed by atoms with van der Waals surface area (Å²) in [6, 6.07) is 26.7. The number of ketones is 1. The van der Waals surface area contributed by atoms with Crippen LogP contribution in [0.2, 0.25) is 5.02 Å². The molecule has 0 saturated carbocycles. The second-order valence-corrected chi connectivity index (χ2v) is 10.5. The van der Waals surface area contributed by atoms with E-state index in [2.05, 4.69) is 27.0 Å². The molecule has 0 spiro atoms. The van der Waals surface area contributed by atoms with E-state index < -0.39 is 0 Å². The van der Waals surface area contributed by atoms with Crippen molar-refractivity contribution in [3.8, 4) is 17.1 Å². The number of hydrogen-bond donors (Lipinski definition) is 0. The summed E-state index contributed by atoms with van der Waals surface area (Å²) in [7, 11) is 0. The lowest BCUT2D eigenvalue weighted by Crippen LogP contribution is -2.06. The number of halogens is 1. The SMILES string of the molecule is C=CCn1c(SCc2nnc(SCC(=O)c3ccc(Cl)cc3)n2-c2ccccc2)nnc1-c1ccccc1. The third-order valence-electron chi connectivity index (χ3n) is 5.60. The summed E-state index contributed by atoms with van der Waals surface area (Å²) < 4.78 is 4.02. The maximum Gasteiger partial charge on any atom is 0.196 e. The van der Waals surface area contributed by atoms with Crippen LogP contribution in [0.3, 0.4) is 0 Å². The Hall–Kier alpha value is -3.66. The molecule has 0 unspecified atom stereocenters. The summed E-state index contributed by atoms with van der Waals surface area (Å²) >= 11 is 8.84. The number of Topliss-reactive ketones (excluding diaryl/α,β-unsaturated/α-hetero) is 1. The molecule has 3 aromatic carbocycles. The van der Waals surface area contributed by atoms with Gasteiger partial charge in [-0.2, -0.15) is 0 Å². The minimum atomic E-state index is -0.00354. The first-order valence-corrected chi connectivity index (χ1v) is 14.1. The number of rotatable bonds is 11. The van der Waals surface area contributed by atoms with Gasteiger partial charge in [0.1, 0.15) is 5.82 Å². The highest BCUT2D eigenvalue weighted by atomic mass is 35.5. The first-order valence-electron chi connectivity index (χ1n) is 11.8. The van der Waals surface area contributed by atoms with Crippen molar-refractivity contribution >= 4 is 40.9 Å². The molecular formula is C28H23ClN6OS2. The van der Waals surface area contributed by atoms with Crippen LogP contribution < -0.4 is 0 Å². The van der Waals surface area contributed by atoms with E-state index in [-0.39, 0.29) is 11.5 Å². The van der Waals surface area contributed by atoms with Gasteiger partial charge in [-0.05, 0) is 36.4 Å². The molecule has 0 aliphatic rings. The Morgan fingerprint density at radius 2 is 1.53 bits per heavy atom. The van der Waals surface area contributed by atoms with Crippen molar-refractivity contribution in [1.82, 2.24) is 29.5 Å². The molecular weight excluding hydrogens is 536 g/mol. The van der Waals surface area contributed by atoms with Gasteiger partial charge in [0.05, 0.1) is 11.5 Å². The average Bonchev–Trinajstić information content (AvgIpc) is 3.56. The maximum absolute atomic E-state index is 12.8. The van der Waals surface area contributed by atoms with Crippen LogP contribution in [0.1, 0.15) is 16.2 Å². The van der Waals surface area contributed by atoms with Crippen molar-refractivity contribution in [3.05, 3.63) is 114 Å². The fourth-order valence-corrected chi connectivity index (χ4v) is 5.64. The number of aromatic nitrogens is 6. The van der Waals surface area contributed by atoms with Crippen molar-refractivity contribution < 1.29 is 4.79 Å². The molecule has 2 aromatic heterocycles. The lowest BCUT2D eigenvalue weighted by molar-refractivity contribution is 0.102. The van der Waals surface area contributed by atoms with Crippen LogP contribution in [0.25, 0.3) is 17.1 Å². The van der Waals surface area contributed by atoms with E-state index in [0.717, 1.165) is 28.1 Å². The number of thioether (sulfide) groups is 2. The lowest BCUT2D eigenvalue weighted by Gasteiger charge is -2.11. The number of benzene rings is 3. The van der Waals surface area contributed by atoms with E-state index in [1.54, 1.807) is 24.3 Å². The molecule has 0 radical (unpaired) electrons. The lowest BCUT2D eigenvalue weighted by atomic mass is 10.1. The molecule has 0 amide bonds. The Labute approximate surface area is 234 Å². The van der Waals surface area contributed by atoms with Crippen LogP contribution in [0.4, 0.5) is 0 Å². The van der Waals surface area contributed by atoms with Crippen LogP contribution in [0, 0.1) is 0 Å². The van der Waals surface area contributed by atoms with Crippen LogP contribution in [-0.4, -0.2) is 41.1 Å². The molecule has 190 valence electrons. The topological polar surface area (TPSA) is 78.5 Å². The molecule has 0 atom stereocenters. The Morgan fingerprint density at radius 3 is 2.24 bits per heavy atom. The third-order valence-corrected chi connectivity index (χ3v) is 7.75. The quantitative estimate of drug-likeness (QED) is 0.102. The monoisotopic (exact) mass is 558 g/mol. The second kappa shape index (κ2) is 12.3. The number of para-hydroxylation sites is 1. The Morgan fingerprint density at radius 1 is 0.842 bits per heavy atom. The van der Waals surface area contributed by atoms with Gasteiger partial charge in [0, 0.05) is 28.4 Å². The highest BCUT2D eigenvalue weighted by Crippen LogP contribution is 2.29. The zero-order valence-corrected chi connectivity index (χ0v) is 22.7. The van der Waals surface area contributed by atoms with Gasteiger partial charge in [-0.1, -0.05) is 89.7 Å². The standard InChI is InChI=1S/C28H23ClN6OS2/c1-2-17-34-26(21-9-5-3-6-10-21)31-32-27(34)38-19-25-30-33-28(35(25)23-11-7-4-8-12-23)37-18-24(36)20-13-15-22(29)16-14-20/h2-16H,1,17-19H2. The number of carbonyl (C=O) groups excluding carboxylic acids is 1. The van der Waals surface area contributed by atoms with Crippen molar-refractivity contribution in [2.45, 2.75) is 22.6 Å². The minimum absolute atomic E-state index is 0.00354. The zero-order valence-electron chi connectivity index (χ0n) is 20.3. The van der Waals surface area contributed by atoms with Gasteiger partial charge in [0.15, 0.2) is 21.9 Å². The Balaban J connectivity index is 1.38. The van der Waals surface area contributed by atoms with Gasteiger partial charge in [-0.15, -0.1) is 27.0 Å². The van der Waals surface area contributed by atoms with E-state index in [1.807, 2.05) is 75.9 Å². The molecule has 5 aromatic rings. The van der Waals surface area contributed by atoms with Gasteiger partial charge >= 0.3 is 0 Å². The average molecular weight is 559 g/mol. The van der Waals surface area contributed by atoms with Crippen LogP contribution in [0.15, 0.2) is 108 Å². The van der Waals surface area contributed by atoms with Gasteiger partial charge in [-0.25, -0.2) is 0 Å². The predicted octanol–water partition coefficient (Wildman–Crippen LogP) is 6.63. The molecule has 0 aliphatic heterocycles. The fourth-order valence-electron chi connectivity index (χ4n) is 3.79. The second-order valence-electron chi connectivity index (χ2n) is 8.15. The summed E-state index contributed by atoms with van der Waals surface area (Å²) in [4.78, 5) is 12.8. The highest BCUT2D eigenvalue weighted by molar-refractivity contribution is 7.99. The minimum Gasteiger partial charge on any atom is -0.298 e. The summed E-state index contributed by atoms with van der Waals surface area (Å²) in [5, 5.41) is 19.8. The summed E-state index contributed by atoms with van der Waals surface area (Å²) in [5.41, 5.74) is 2.52. The molecule has 2 heterocycles. The van der Waals surface area contributed by atoms with Gasteiger partial charge in [0.25, 0.3) is 0 Å². The molecule has 0 N–H and O–H groups in total. The van der Waals surface area contributed by atoms with Gasteiger partial charge in [0.2, 0.25) is 0 Å². The molecule has 0 saturated heterocycles.